The van der Waals surface area contributed by atoms with Gasteiger partial charge in [-0.3, -0.25) is 9.59 Å². The summed E-state index contributed by atoms with van der Waals surface area (Å²) in [4.78, 5) is 23.2. The number of methoxy groups -OCH3 is 1. The van der Waals surface area contributed by atoms with E-state index in [9.17, 15) is 14.0 Å². The number of carbonyl (C=O) groups excluding carboxylic acids is 1. The van der Waals surface area contributed by atoms with Crippen LogP contribution in [-0.2, 0) is 11.2 Å². The largest absolute Gasteiger partial charge is 0.493 e. The molecule has 0 spiro atoms. The number of carboxylic acids is 1. The van der Waals surface area contributed by atoms with Crippen LogP contribution in [0.15, 0.2) is 36.4 Å². The van der Waals surface area contributed by atoms with E-state index < -0.39 is 24.1 Å². The molecule has 2 N–H and O–H groups in total. The Morgan fingerprint density at radius 1 is 1.14 bits per heavy atom. The zero-order valence-electron chi connectivity index (χ0n) is 15.5. The SMILES string of the molecule is COc1cc(C(=O)Nc2ccc(CC(=O)O)c(F)c2)ccc1OC1CCCC1. The molecular formula is C21H22FNO5. The van der Waals surface area contributed by atoms with Gasteiger partial charge < -0.3 is 19.9 Å². The van der Waals surface area contributed by atoms with E-state index in [1.807, 2.05) is 0 Å². The maximum absolute atomic E-state index is 14.0. The summed E-state index contributed by atoms with van der Waals surface area (Å²) in [7, 11) is 1.51. The van der Waals surface area contributed by atoms with Gasteiger partial charge in [0.05, 0.1) is 19.6 Å². The second-order valence-corrected chi connectivity index (χ2v) is 6.72. The Labute approximate surface area is 162 Å². The number of nitrogens with one attached hydrogen (secondary N) is 1. The lowest BCUT2D eigenvalue weighted by atomic mass is 10.1. The van der Waals surface area contributed by atoms with Gasteiger partial charge in [-0.1, -0.05) is 6.07 Å². The van der Waals surface area contributed by atoms with Gasteiger partial charge in [0, 0.05) is 11.3 Å². The van der Waals surface area contributed by atoms with Crippen LogP contribution in [0.2, 0.25) is 0 Å². The quantitative estimate of drug-likeness (QED) is 0.749. The third kappa shape index (κ3) is 4.79. The van der Waals surface area contributed by atoms with Crippen molar-refractivity contribution in [3.8, 4) is 11.5 Å². The Morgan fingerprint density at radius 2 is 1.89 bits per heavy atom. The van der Waals surface area contributed by atoms with Crippen LogP contribution < -0.4 is 14.8 Å². The number of hydrogen-bond acceptors (Lipinski definition) is 4. The first-order valence-corrected chi connectivity index (χ1v) is 9.12. The molecule has 0 saturated heterocycles. The summed E-state index contributed by atoms with van der Waals surface area (Å²) in [5.41, 5.74) is 0.633. The number of ether oxygens (including phenoxy) is 2. The van der Waals surface area contributed by atoms with Crippen molar-refractivity contribution in [2.45, 2.75) is 38.2 Å². The number of halogens is 1. The summed E-state index contributed by atoms with van der Waals surface area (Å²) >= 11 is 0. The van der Waals surface area contributed by atoms with Crippen LogP contribution >= 0.6 is 0 Å². The van der Waals surface area contributed by atoms with Gasteiger partial charge in [-0.25, -0.2) is 4.39 Å². The number of carboxylic acid groups (broad SMARTS) is 1. The lowest BCUT2D eigenvalue weighted by Gasteiger charge is -2.16. The van der Waals surface area contributed by atoms with Gasteiger partial charge in [-0.05, 0) is 61.6 Å². The van der Waals surface area contributed by atoms with Gasteiger partial charge in [-0.2, -0.15) is 0 Å². The molecule has 1 fully saturated rings. The number of hydrogen-bond donors (Lipinski definition) is 2. The zero-order valence-corrected chi connectivity index (χ0v) is 15.5. The molecule has 6 nitrogen and oxygen atoms in total. The van der Waals surface area contributed by atoms with E-state index in [0.29, 0.717) is 17.1 Å². The predicted octanol–water partition coefficient (Wildman–Crippen LogP) is 4.04. The van der Waals surface area contributed by atoms with Crippen LogP contribution in [0.1, 0.15) is 41.6 Å². The lowest BCUT2D eigenvalue weighted by Crippen LogP contribution is -2.14. The minimum atomic E-state index is -1.12. The summed E-state index contributed by atoms with van der Waals surface area (Å²) in [6.45, 7) is 0. The van der Waals surface area contributed by atoms with Crippen LogP contribution in [0.4, 0.5) is 10.1 Å². The van der Waals surface area contributed by atoms with E-state index in [1.165, 1.54) is 19.2 Å². The highest BCUT2D eigenvalue weighted by Gasteiger charge is 2.19. The Kier molecular flexibility index (Phi) is 6.13. The number of benzene rings is 2. The molecule has 1 amide bonds. The summed E-state index contributed by atoms with van der Waals surface area (Å²) in [6.07, 6.45) is 4.06. The molecular weight excluding hydrogens is 365 g/mol. The van der Waals surface area contributed by atoms with Gasteiger partial charge in [0.2, 0.25) is 0 Å². The average molecular weight is 387 g/mol. The Hall–Kier alpha value is -3.09. The van der Waals surface area contributed by atoms with E-state index in [4.69, 9.17) is 14.6 Å². The molecule has 28 heavy (non-hydrogen) atoms. The first-order valence-electron chi connectivity index (χ1n) is 9.12. The second kappa shape index (κ2) is 8.73. The molecule has 0 unspecified atom stereocenters. The first kappa shape index (κ1) is 19.7. The van der Waals surface area contributed by atoms with Crippen LogP contribution in [0, 0.1) is 5.82 Å². The van der Waals surface area contributed by atoms with Crippen molar-refractivity contribution in [1.82, 2.24) is 0 Å². The second-order valence-electron chi connectivity index (χ2n) is 6.72. The van der Waals surface area contributed by atoms with E-state index in [0.717, 1.165) is 31.7 Å². The van der Waals surface area contributed by atoms with E-state index in [2.05, 4.69) is 5.32 Å². The van der Waals surface area contributed by atoms with E-state index in [1.54, 1.807) is 18.2 Å². The standard InChI is InChI=1S/C21H22FNO5/c1-27-19-10-14(7-9-18(19)28-16-4-2-3-5-16)21(26)23-15-8-6-13(11-20(24)25)17(22)12-15/h6-10,12,16H,2-5,11H2,1H3,(H,23,26)(H,24,25). The van der Waals surface area contributed by atoms with Crippen LogP contribution in [0.25, 0.3) is 0 Å². The number of aliphatic carboxylic acids is 1. The van der Waals surface area contributed by atoms with Gasteiger partial charge >= 0.3 is 5.97 Å². The van der Waals surface area contributed by atoms with Gasteiger partial charge in [-0.15, -0.1) is 0 Å². The highest BCUT2D eigenvalue weighted by atomic mass is 19.1. The third-order valence-corrected chi connectivity index (χ3v) is 4.67. The Morgan fingerprint density at radius 3 is 2.54 bits per heavy atom. The molecule has 3 rings (SSSR count). The van der Waals surface area contributed by atoms with Gasteiger partial charge in [0.15, 0.2) is 11.5 Å². The van der Waals surface area contributed by atoms with Crippen LogP contribution in [-0.4, -0.2) is 30.2 Å². The predicted molar refractivity (Wildman–Crippen MR) is 102 cm³/mol. The van der Waals surface area contributed by atoms with Crippen molar-refractivity contribution in [2.24, 2.45) is 0 Å². The molecule has 7 heteroatoms. The van der Waals surface area contributed by atoms with Crippen molar-refractivity contribution in [3.63, 3.8) is 0 Å². The number of amides is 1. The number of anilines is 1. The Balaban J connectivity index is 1.71. The topological polar surface area (TPSA) is 84.9 Å². The van der Waals surface area contributed by atoms with Gasteiger partial charge in [0.1, 0.15) is 5.82 Å². The summed E-state index contributed by atoms with van der Waals surface area (Å²) < 4.78 is 25.3. The van der Waals surface area contributed by atoms with E-state index in [-0.39, 0.29) is 17.4 Å². The molecule has 148 valence electrons. The molecule has 2 aromatic carbocycles. The smallest absolute Gasteiger partial charge is 0.307 e. The van der Waals surface area contributed by atoms with E-state index >= 15 is 0 Å². The molecule has 0 heterocycles. The van der Waals surface area contributed by atoms with Crippen molar-refractivity contribution in [2.75, 3.05) is 12.4 Å². The molecule has 0 aliphatic heterocycles. The summed E-state index contributed by atoms with van der Waals surface area (Å²) in [6, 6.07) is 8.81. The summed E-state index contributed by atoms with van der Waals surface area (Å²) in [5, 5.41) is 11.4. The number of rotatable bonds is 7. The van der Waals surface area contributed by atoms with Crippen LogP contribution in [0.3, 0.4) is 0 Å². The van der Waals surface area contributed by atoms with Crippen molar-refractivity contribution < 1.29 is 28.6 Å². The fraction of sp³-hybridized carbons (Fsp3) is 0.333. The van der Waals surface area contributed by atoms with Crippen molar-refractivity contribution in [3.05, 3.63) is 53.3 Å². The van der Waals surface area contributed by atoms with Crippen molar-refractivity contribution >= 4 is 17.6 Å². The molecule has 1 aliphatic rings. The maximum Gasteiger partial charge on any atom is 0.307 e. The molecule has 0 radical (unpaired) electrons. The number of carbonyl (C=O) groups is 2. The molecule has 2 aromatic rings. The Bertz CT molecular complexity index is 877. The fourth-order valence-electron chi connectivity index (χ4n) is 3.23. The normalized spacial score (nSPS) is 13.9. The maximum atomic E-state index is 14.0. The summed E-state index contributed by atoms with van der Waals surface area (Å²) in [5.74, 6) is -1.19. The minimum absolute atomic E-state index is 0.0561. The average Bonchev–Trinajstić information content (AvgIpc) is 3.17. The molecule has 1 saturated carbocycles. The monoisotopic (exact) mass is 387 g/mol. The highest BCUT2D eigenvalue weighted by molar-refractivity contribution is 6.04. The first-order chi connectivity index (χ1) is 13.5. The lowest BCUT2D eigenvalue weighted by molar-refractivity contribution is -0.136. The molecule has 0 bridgehead atoms. The van der Waals surface area contributed by atoms with Crippen LogP contribution in [0.5, 0.6) is 11.5 Å². The third-order valence-electron chi connectivity index (χ3n) is 4.67. The molecule has 0 atom stereocenters. The van der Waals surface area contributed by atoms with Gasteiger partial charge in [0.25, 0.3) is 5.91 Å². The highest BCUT2D eigenvalue weighted by Crippen LogP contribution is 2.32. The minimum Gasteiger partial charge on any atom is -0.493 e. The molecule has 1 aliphatic carbocycles. The zero-order chi connectivity index (χ0) is 20.1. The van der Waals surface area contributed by atoms with Crippen molar-refractivity contribution in [1.29, 1.82) is 0 Å². The fourth-order valence-corrected chi connectivity index (χ4v) is 3.23. The molecule has 0 aromatic heterocycles.